The number of nitrogens with two attached hydrogens (primary N) is 1. The third-order valence-electron chi connectivity index (χ3n) is 2.70. The van der Waals surface area contributed by atoms with E-state index in [-0.39, 0.29) is 5.82 Å². The molecule has 0 saturated carbocycles. The van der Waals surface area contributed by atoms with E-state index in [1.807, 2.05) is 6.92 Å². The Balaban J connectivity index is 2.32. The summed E-state index contributed by atoms with van der Waals surface area (Å²) < 4.78 is 18.4. The average molecular weight is 281 g/mol. The van der Waals surface area contributed by atoms with E-state index in [0.29, 0.717) is 22.9 Å². The summed E-state index contributed by atoms with van der Waals surface area (Å²) in [7, 11) is 0. The zero-order valence-corrected chi connectivity index (χ0v) is 11.2. The van der Waals surface area contributed by atoms with Crippen LogP contribution in [-0.2, 0) is 0 Å². The molecule has 19 heavy (non-hydrogen) atoms. The van der Waals surface area contributed by atoms with Gasteiger partial charge in [0, 0.05) is 11.2 Å². The number of benzene rings is 1. The molecular weight excluding hydrogens is 267 g/mol. The number of rotatable bonds is 4. The minimum Gasteiger partial charge on any atom is -0.492 e. The minimum absolute atomic E-state index is 0.300. The molecule has 2 N–H and O–H groups in total. The van der Waals surface area contributed by atoms with Crippen LogP contribution >= 0.6 is 11.6 Å². The molecule has 0 fully saturated rings. The molecule has 0 aliphatic rings. The fraction of sp³-hybridized carbons (Fsp3) is 0.214. The van der Waals surface area contributed by atoms with Crippen molar-refractivity contribution in [2.75, 3.05) is 6.61 Å². The van der Waals surface area contributed by atoms with E-state index < -0.39 is 6.04 Å². The quantitative estimate of drug-likeness (QED) is 0.934. The van der Waals surface area contributed by atoms with Gasteiger partial charge >= 0.3 is 0 Å². The standard InChI is InChI=1S/C14H14ClFN2O/c1-2-19-11-5-9(7-18-8-11)14(17)12-4-3-10(16)6-13(12)15/h3-8,14H,2,17H2,1H3. The van der Waals surface area contributed by atoms with Gasteiger partial charge in [-0.15, -0.1) is 0 Å². The fourth-order valence-electron chi connectivity index (χ4n) is 1.78. The smallest absolute Gasteiger partial charge is 0.137 e. The second kappa shape index (κ2) is 5.99. The molecular formula is C14H14ClFN2O. The van der Waals surface area contributed by atoms with Crippen LogP contribution in [0.4, 0.5) is 4.39 Å². The monoisotopic (exact) mass is 280 g/mol. The van der Waals surface area contributed by atoms with Gasteiger partial charge in [0.1, 0.15) is 11.6 Å². The predicted octanol–water partition coefficient (Wildman–Crippen LogP) is 3.32. The maximum absolute atomic E-state index is 13.0. The van der Waals surface area contributed by atoms with E-state index in [1.54, 1.807) is 24.5 Å². The molecule has 1 atom stereocenters. The first kappa shape index (κ1) is 13.8. The summed E-state index contributed by atoms with van der Waals surface area (Å²) in [5.74, 6) is 0.260. The molecule has 0 amide bonds. The van der Waals surface area contributed by atoms with Crippen molar-refractivity contribution in [1.82, 2.24) is 4.98 Å². The van der Waals surface area contributed by atoms with Gasteiger partial charge in [-0.05, 0) is 36.2 Å². The Morgan fingerprint density at radius 1 is 1.37 bits per heavy atom. The van der Waals surface area contributed by atoms with Crippen molar-refractivity contribution in [3.05, 3.63) is 58.6 Å². The van der Waals surface area contributed by atoms with E-state index in [9.17, 15) is 4.39 Å². The number of ether oxygens (including phenoxy) is 1. The number of hydrogen-bond acceptors (Lipinski definition) is 3. The fourth-order valence-corrected chi connectivity index (χ4v) is 2.07. The van der Waals surface area contributed by atoms with Crippen LogP contribution in [-0.4, -0.2) is 11.6 Å². The molecule has 5 heteroatoms. The van der Waals surface area contributed by atoms with Crippen LogP contribution < -0.4 is 10.5 Å². The highest BCUT2D eigenvalue weighted by Gasteiger charge is 2.14. The Labute approximate surface area is 116 Å². The first-order valence-corrected chi connectivity index (χ1v) is 6.28. The number of aromatic nitrogens is 1. The zero-order valence-electron chi connectivity index (χ0n) is 10.4. The molecule has 0 aliphatic carbocycles. The number of pyridine rings is 1. The molecule has 0 radical (unpaired) electrons. The summed E-state index contributed by atoms with van der Waals surface area (Å²) >= 11 is 6.00. The highest BCUT2D eigenvalue weighted by Crippen LogP contribution is 2.28. The van der Waals surface area contributed by atoms with Crippen molar-refractivity contribution in [3.63, 3.8) is 0 Å². The second-order valence-corrected chi connectivity index (χ2v) is 4.44. The molecule has 0 spiro atoms. The van der Waals surface area contributed by atoms with E-state index in [4.69, 9.17) is 22.1 Å². The lowest BCUT2D eigenvalue weighted by Gasteiger charge is -2.15. The molecule has 100 valence electrons. The third-order valence-corrected chi connectivity index (χ3v) is 3.03. The van der Waals surface area contributed by atoms with Gasteiger partial charge in [-0.2, -0.15) is 0 Å². The Morgan fingerprint density at radius 3 is 2.84 bits per heavy atom. The van der Waals surface area contributed by atoms with Crippen LogP contribution in [0.2, 0.25) is 5.02 Å². The van der Waals surface area contributed by atoms with Crippen molar-refractivity contribution in [2.45, 2.75) is 13.0 Å². The van der Waals surface area contributed by atoms with E-state index in [0.717, 1.165) is 5.56 Å². The third kappa shape index (κ3) is 3.22. The van der Waals surface area contributed by atoms with Gasteiger partial charge in [0.2, 0.25) is 0 Å². The minimum atomic E-state index is -0.471. The number of nitrogens with zero attached hydrogens (tertiary/aromatic N) is 1. The Hall–Kier alpha value is -1.65. The summed E-state index contributed by atoms with van der Waals surface area (Å²) in [4.78, 5) is 4.07. The maximum Gasteiger partial charge on any atom is 0.137 e. The second-order valence-electron chi connectivity index (χ2n) is 4.03. The van der Waals surface area contributed by atoms with E-state index in [1.165, 1.54) is 12.1 Å². The van der Waals surface area contributed by atoms with Crippen LogP contribution in [0.5, 0.6) is 5.75 Å². The number of hydrogen-bond donors (Lipinski definition) is 1. The summed E-state index contributed by atoms with van der Waals surface area (Å²) in [5.41, 5.74) is 7.54. The molecule has 2 rings (SSSR count). The van der Waals surface area contributed by atoms with Crippen LogP contribution in [0.15, 0.2) is 36.7 Å². The lowest BCUT2D eigenvalue weighted by atomic mass is 10.0. The number of halogens is 2. The Kier molecular flexibility index (Phi) is 4.35. The lowest BCUT2D eigenvalue weighted by Crippen LogP contribution is -2.13. The van der Waals surface area contributed by atoms with Crippen LogP contribution in [0.1, 0.15) is 24.1 Å². The van der Waals surface area contributed by atoms with Crippen molar-refractivity contribution >= 4 is 11.6 Å². The van der Waals surface area contributed by atoms with Gasteiger partial charge in [-0.3, -0.25) is 4.98 Å². The molecule has 2 aromatic rings. The van der Waals surface area contributed by atoms with Crippen molar-refractivity contribution in [1.29, 1.82) is 0 Å². The summed E-state index contributed by atoms with van der Waals surface area (Å²) in [6.45, 7) is 2.45. The Bertz CT molecular complexity index is 577. The van der Waals surface area contributed by atoms with Crippen LogP contribution in [0.3, 0.4) is 0 Å². The molecule has 1 aromatic heterocycles. The van der Waals surface area contributed by atoms with Gasteiger partial charge in [-0.25, -0.2) is 4.39 Å². The highest BCUT2D eigenvalue weighted by atomic mass is 35.5. The van der Waals surface area contributed by atoms with E-state index in [2.05, 4.69) is 4.98 Å². The largest absolute Gasteiger partial charge is 0.492 e. The maximum atomic E-state index is 13.0. The molecule has 1 heterocycles. The normalized spacial score (nSPS) is 12.2. The summed E-state index contributed by atoms with van der Waals surface area (Å²) in [6, 6.07) is 5.49. The van der Waals surface area contributed by atoms with Gasteiger partial charge in [0.25, 0.3) is 0 Å². The first-order chi connectivity index (χ1) is 9.11. The van der Waals surface area contributed by atoms with Gasteiger partial charge in [0.15, 0.2) is 0 Å². The predicted molar refractivity (Wildman–Crippen MR) is 72.8 cm³/mol. The van der Waals surface area contributed by atoms with Crippen molar-refractivity contribution < 1.29 is 9.13 Å². The molecule has 0 saturated heterocycles. The molecule has 0 bridgehead atoms. The van der Waals surface area contributed by atoms with Gasteiger partial charge < -0.3 is 10.5 Å². The molecule has 3 nitrogen and oxygen atoms in total. The molecule has 1 aromatic carbocycles. The summed E-state index contributed by atoms with van der Waals surface area (Å²) in [5, 5.41) is 0.300. The SMILES string of the molecule is CCOc1cncc(C(N)c2ccc(F)cc2Cl)c1. The summed E-state index contributed by atoms with van der Waals surface area (Å²) in [6.07, 6.45) is 3.26. The topological polar surface area (TPSA) is 48.1 Å². The average Bonchev–Trinajstić information content (AvgIpc) is 2.39. The van der Waals surface area contributed by atoms with E-state index >= 15 is 0 Å². The zero-order chi connectivity index (χ0) is 13.8. The molecule has 0 aliphatic heterocycles. The molecule has 1 unspecified atom stereocenters. The van der Waals surface area contributed by atoms with Crippen molar-refractivity contribution in [3.8, 4) is 5.75 Å². The van der Waals surface area contributed by atoms with Crippen LogP contribution in [0, 0.1) is 5.82 Å². The first-order valence-electron chi connectivity index (χ1n) is 5.90. The van der Waals surface area contributed by atoms with Crippen molar-refractivity contribution in [2.24, 2.45) is 5.73 Å². The Morgan fingerprint density at radius 2 is 2.16 bits per heavy atom. The van der Waals surface area contributed by atoms with Gasteiger partial charge in [-0.1, -0.05) is 17.7 Å². The van der Waals surface area contributed by atoms with Gasteiger partial charge in [0.05, 0.1) is 18.8 Å². The lowest BCUT2D eigenvalue weighted by molar-refractivity contribution is 0.338. The van der Waals surface area contributed by atoms with Crippen LogP contribution in [0.25, 0.3) is 0 Å². The highest BCUT2D eigenvalue weighted by molar-refractivity contribution is 6.31.